The van der Waals surface area contributed by atoms with Crippen LogP contribution >= 0.6 is 0 Å². The summed E-state index contributed by atoms with van der Waals surface area (Å²) in [4.78, 5) is 0. The molecule has 0 amide bonds. The molecule has 3 aliphatic rings. The van der Waals surface area contributed by atoms with E-state index in [0.717, 1.165) is 51.7 Å². The fourth-order valence-electron chi connectivity index (χ4n) is 5.64. The Labute approximate surface area is 153 Å². The molecular formula is C20H38N2O3. The molecule has 0 aromatic rings. The van der Waals surface area contributed by atoms with Crippen LogP contribution in [0.5, 0.6) is 0 Å². The van der Waals surface area contributed by atoms with Gasteiger partial charge in [0.25, 0.3) is 0 Å². The molecule has 0 radical (unpaired) electrons. The number of rotatable bonds is 7. The Hall–Kier alpha value is -0.200. The summed E-state index contributed by atoms with van der Waals surface area (Å²) in [5, 5.41) is 17.0. The molecule has 0 aromatic heterocycles. The van der Waals surface area contributed by atoms with Crippen LogP contribution in [0.3, 0.4) is 0 Å². The van der Waals surface area contributed by atoms with Gasteiger partial charge in [0.05, 0.1) is 19.8 Å². The van der Waals surface area contributed by atoms with Gasteiger partial charge in [-0.1, -0.05) is 38.5 Å². The Kier molecular flexibility index (Phi) is 7.15. The molecular weight excluding hydrogens is 316 g/mol. The fraction of sp³-hybridized carbons (Fsp3) is 1.00. The second-order valence-electron chi connectivity index (χ2n) is 8.55. The Morgan fingerprint density at radius 2 is 1.44 bits per heavy atom. The van der Waals surface area contributed by atoms with E-state index in [0.29, 0.717) is 19.3 Å². The predicted octanol–water partition coefficient (Wildman–Crippen LogP) is 3.50. The maximum Gasteiger partial charge on any atom is 0.0700 e. The highest BCUT2D eigenvalue weighted by atomic mass is 16.5. The number of ether oxygens (including phenoxy) is 2. The van der Waals surface area contributed by atoms with Crippen LogP contribution in [0.1, 0.15) is 77.0 Å². The first-order valence-electron chi connectivity index (χ1n) is 10.5. The summed E-state index contributed by atoms with van der Waals surface area (Å²) < 4.78 is 10.6. The second kappa shape index (κ2) is 9.14. The number of hydrogen-bond donors (Lipinski definition) is 2. The molecule has 2 aliphatic carbocycles. The number of nitrogens with zero attached hydrogens (tertiary/aromatic N) is 1. The first-order chi connectivity index (χ1) is 12.2. The molecule has 0 atom stereocenters. The minimum atomic E-state index is 0.0163. The molecule has 3 fully saturated rings. The minimum Gasteiger partial charge on any atom is -0.382 e. The lowest BCUT2D eigenvalue weighted by Gasteiger charge is -2.59. The normalized spacial score (nSPS) is 29.3. The standard InChI is InChI=1S/C20H38N2O3/c1-24-14-15-25-13-12-21-18-16-19(8-4-2-5-9-19)22(23)20(17-18)10-6-3-7-11-20/h18,21,23H,2-17H2,1H3. The second-order valence-corrected chi connectivity index (χ2v) is 8.55. The van der Waals surface area contributed by atoms with E-state index in [9.17, 15) is 5.21 Å². The smallest absolute Gasteiger partial charge is 0.0700 e. The molecule has 1 saturated heterocycles. The zero-order valence-electron chi connectivity index (χ0n) is 16.1. The predicted molar refractivity (Wildman–Crippen MR) is 99.0 cm³/mol. The van der Waals surface area contributed by atoms with Gasteiger partial charge in [-0.3, -0.25) is 0 Å². The molecule has 5 heteroatoms. The van der Waals surface area contributed by atoms with Crippen molar-refractivity contribution in [1.82, 2.24) is 10.4 Å². The first-order valence-corrected chi connectivity index (χ1v) is 10.5. The van der Waals surface area contributed by atoms with Gasteiger partial charge in [0.2, 0.25) is 0 Å². The summed E-state index contributed by atoms with van der Waals surface area (Å²) in [5.41, 5.74) is 0.0326. The highest BCUT2D eigenvalue weighted by Gasteiger charge is 2.54. The van der Waals surface area contributed by atoms with Crippen molar-refractivity contribution in [3.8, 4) is 0 Å². The van der Waals surface area contributed by atoms with Gasteiger partial charge in [-0.05, 0) is 38.5 Å². The summed E-state index contributed by atoms with van der Waals surface area (Å²) >= 11 is 0. The SMILES string of the molecule is COCCOCCNC1CC2(CCCCC2)N(O)C2(CCCCC2)C1. The van der Waals surface area contributed by atoms with E-state index in [-0.39, 0.29) is 11.1 Å². The van der Waals surface area contributed by atoms with Crippen molar-refractivity contribution in [2.75, 3.05) is 33.5 Å². The summed E-state index contributed by atoms with van der Waals surface area (Å²) in [6, 6.07) is 0.505. The van der Waals surface area contributed by atoms with E-state index >= 15 is 0 Å². The summed E-state index contributed by atoms with van der Waals surface area (Å²) in [5.74, 6) is 0. The molecule has 1 aliphatic heterocycles. The third kappa shape index (κ3) is 4.56. The van der Waals surface area contributed by atoms with Crippen molar-refractivity contribution in [2.24, 2.45) is 0 Å². The number of piperidine rings is 1. The molecule has 2 saturated carbocycles. The van der Waals surface area contributed by atoms with E-state index in [2.05, 4.69) is 5.32 Å². The topological polar surface area (TPSA) is 54.0 Å². The lowest BCUT2D eigenvalue weighted by atomic mass is 9.65. The van der Waals surface area contributed by atoms with Gasteiger partial charge in [0.15, 0.2) is 0 Å². The summed E-state index contributed by atoms with van der Waals surface area (Å²) in [7, 11) is 1.71. The van der Waals surface area contributed by atoms with Crippen molar-refractivity contribution in [2.45, 2.75) is 94.2 Å². The largest absolute Gasteiger partial charge is 0.382 e. The van der Waals surface area contributed by atoms with E-state index in [4.69, 9.17) is 9.47 Å². The average Bonchev–Trinajstić information content (AvgIpc) is 2.64. The highest BCUT2D eigenvalue weighted by molar-refractivity contribution is 5.07. The average molecular weight is 355 g/mol. The Morgan fingerprint density at radius 1 is 0.880 bits per heavy atom. The van der Waals surface area contributed by atoms with E-state index < -0.39 is 0 Å². The Bertz CT molecular complexity index is 364. The molecule has 3 rings (SSSR count). The van der Waals surface area contributed by atoms with Crippen molar-refractivity contribution in [1.29, 1.82) is 0 Å². The van der Waals surface area contributed by atoms with Gasteiger partial charge < -0.3 is 20.0 Å². The maximum absolute atomic E-state index is 11.3. The van der Waals surface area contributed by atoms with E-state index in [1.807, 2.05) is 5.06 Å². The van der Waals surface area contributed by atoms with E-state index in [1.165, 1.54) is 38.5 Å². The van der Waals surface area contributed by atoms with Crippen LogP contribution in [0.15, 0.2) is 0 Å². The number of hydroxylamine groups is 2. The fourth-order valence-corrected chi connectivity index (χ4v) is 5.64. The van der Waals surface area contributed by atoms with Crippen molar-refractivity contribution in [3.05, 3.63) is 0 Å². The van der Waals surface area contributed by atoms with Gasteiger partial charge in [0, 0.05) is 30.8 Å². The molecule has 25 heavy (non-hydrogen) atoms. The lowest BCUT2D eigenvalue weighted by Crippen LogP contribution is -2.67. The molecule has 1 heterocycles. The lowest BCUT2D eigenvalue weighted by molar-refractivity contribution is -0.281. The van der Waals surface area contributed by atoms with Gasteiger partial charge in [-0.15, -0.1) is 0 Å². The van der Waals surface area contributed by atoms with Crippen LogP contribution in [0.2, 0.25) is 0 Å². The Balaban J connectivity index is 1.60. The molecule has 5 nitrogen and oxygen atoms in total. The van der Waals surface area contributed by atoms with Crippen LogP contribution in [0.4, 0.5) is 0 Å². The zero-order chi connectivity index (χ0) is 17.6. The van der Waals surface area contributed by atoms with E-state index in [1.54, 1.807) is 7.11 Å². The highest BCUT2D eigenvalue weighted by Crippen LogP contribution is 2.50. The summed E-state index contributed by atoms with van der Waals surface area (Å²) in [6.07, 6.45) is 14.5. The summed E-state index contributed by atoms with van der Waals surface area (Å²) in [6.45, 7) is 2.96. The quantitative estimate of drug-likeness (QED) is 0.685. The van der Waals surface area contributed by atoms with Crippen LogP contribution in [0.25, 0.3) is 0 Å². The Morgan fingerprint density at radius 3 is 1.96 bits per heavy atom. The van der Waals surface area contributed by atoms with Crippen LogP contribution in [-0.4, -0.2) is 60.9 Å². The molecule has 146 valence electrons. The molecule has 0 bridgehead atoms. The zero-order valence-corrected chi connectivity index (χ0v) is 16.1. The van der Waals surface area contributed by atoms with Crippen LogP contribution < -0.4 is 5.32 Å². The number of nitrogens with one attached hydrogen (secondary N) is 1. The van der Waals surface area contributed by atoms with Crippen molar-refractivity contribution < 1.29 is 14.7 Å². The number of methoxy groups -OCH3 is 1. The monoisotopic (exact) mass is 354 g/mol. The van der Waals surface area contributed by atoms with Gasteiger partial charge >= 0.3 is 0 Å². The molecule has 0 unspecified atom stereocenters. The van der Waals surface area contributed by atoms with Crippen LogP contribution in [0, 0.1) is 0 Å². The van der Waals surface area contributed by atoms with Crippen LogP contribution in [-0.2, 0) is 9.47 Å². The first kappa shape index (κ1) is 19.6. The molecule has 0 aromatic carbocycles. The third-order valence-electron chi connectivity index (χ3n) is 6.83. The van der Waals surface area contributed by atoms with Gasteiger partial charge in [-0.2, -0.15) is 5.06 Å². The van der Waals surface area contributed by atoms with Crippen molar-refractivity contribution >= 4 is 0 Å². The van der Waals surface area contributed by atoms with Gasteiger partial charge in [-0.25, -0.2) is 0 Å². The molecule has 2 spiro atoms. The third-order valence-corrected chi connectivity index (χ3v) is 6.83. The van der Waals surface area contributed by atoms with Crippen molar-refractivity contribution in [3.63, 3.8) is 0 Å². The number of hydrogen-bond acceptors (Lipinski definition) is 5. The molecule has 2 N–H and O–H groups in total. The minimum absolute atomic E-state index is 0.0163. The maximum atomic E-state index is 11.3. The van der Waals surface area contributed by atoms with Gasteiger partial charge in [0.1, 0.15) is 0 Å².